The van der Waals surface area contributed by atoms with E-state index in [1.807, 2.05) is 4.90 Å². The predicted octanol–water partition coefficient (Wildman–Crippen LogP) is 3.26. The number of halogens is 3. The normalized spacial score (nSPS) is 18.5. The predicted molar refractivity (Wildman–Crippen MR) is 119 cm³/mol. The molecule has 0 aliphatic carbocycles. The van der Waals surface area contributed by atoms with Crippen LogP contribution in [0.3, 0.4) is 0 Å². The highest BCUT2D eigenvalue weighted by Crippen LogP contribution is 2.44. The molecule has 4 rings (SSSR count). The number of nitrogens with one attached hydrogen (secondary N) is 1. The van der Waals surface area contributed by atoms with Gasteiger partial charge in [-0.05, 0) is 32.8 Å². The van der Waals surface area contributed by atoms with Crippen molar-refractivity contribution in [3.8, 4) is 0 Å². The SMILES string of the molecule is CNC(=O)c1csc2c(C(F)(F)F)cc(N3CCC4(CC3)CN(C(=O)CC(C)(C)O)C4)nc12. The number of pyridine rings is 1. The van der Waals surface area contributed by atoms with Crippen LogP contribution in [0.4, 0.5) is 19.0 Å². The van der Waals surface area contributed by atoms with E-state index in [2.05, 4.69) is 10.3 Å². The molecule has 2 amide bonds. The number of carbonyl (C=O) groups excluding carboxylic acids is 2. The molecule has 7 nitrogen and oxygen atoms in total. The van der Waals surface area contributed by atoms with Gasteiger partial charge in [-0.25, -0.2) is 4.98 Å². The van der Waals surface area contributed by atoms with Crippen molar-refractivity contribution in [2.24, 2.45) is 5.41 Å². The monoisotopic (exact) mass is 484 g/mol. The summed E-state index contributed by atoms with van der Waals surface area (Å²) in [4.78, 5) is 32.5. The van der Waals surface area contributed by atoms with Crippen LogP contribution >= 0.6 is 11.3 Å². The van der Waals surface area contributed by atoms with Crippen LogP contribution in [-0.4, -0.2) is 65.6 Å². The molecule has 0 saturated carbocycles. The highest BCUT2D eigenvalue weighted by molar-refractivity contribution is 7.17. The van der Waals surface area contributed by atoms with Gasteiger partial charge in [0.2, 0.25) is 5.91 Å². The first kappa shape index (κ1) is 23.7. The van der Waals surface area contributed by atoms with Crippen molar-refractivity contribution >= 4 is 39.2 Å². The van der Waals surface area contributed by atoms with E-state index in [1.54, 1.807) is 18.7 Å². The molecular formula is C22H27F3N4O3S. The van der Waals surface area contributed by atoms with Gasteiger partial charge in [-0.1, -0.05) is 0 Å². The lowest BCUT2D eigenvalue weighted by molar-refractivity contribution is -0.149. The van der Waals surface area contributed by atoms with E-state index in [1.165, 1.54) is 12.4 Å². The molecule has 1 spiro atoms. The number of amides is 2. The summed E-state index contributed by atoms with van der Waals surface area (Å²) < 4.78 is 41.3. The highest BCUT2D eigenvalue weighted by atomic mass is 32.1. The number of piperidine rings is 1. The Balaban J connectivity index is 1.52. The Bertz CT molecular complexity index is 1080. The third-order valence-electron chi connectivity index (χ3n) is 6.42. The van der Waals surface area contributed by atoms with Gasteiger partial charge in [-0.15, -0.1) is 11.3 Å². The molecule has 0 radical (unpaired) electrons. The van der Waals surface area contributed by atoms with Crippen molar-refractivity contribution in [3.05, 3.63) is 22.6 Å². The number of carbonyl (C=O) groups is 2. The molecule has 0 bridgehead atoms. The first-order valence-corrected chi connectivity index (χ1v) is 11.7. The fraction of sp³-hybridized carbons (Fsp3) is 0.591. The number of hydrogen-bond acceptors (Lipinski definition) is 6. The largest absolute Gasteiger partial charge is 0.417 e. The molecule has 2 aromatic rings. The van der Waals surface area contributed by atoms with Gasteiger partial charge in [0.25, 0.3) is 5.91 Å². The molecule has 2 aromatic heterocycles. The number of aromatic nitrogens is 1. The van der Waals surface area contributed by atoms with E-state index in [4.69, 9.17) is 0 Å². The van der Waals surface area contributed by atoms with Crippen molar-refractivity contribution in [2.45, 2.75) is 44.9 Å². The lowest BCUT2D eigenvalue weighted by atomic mass is 9.71. The first-order valence-electron chi connectivity index (χ1n) is 10.8. The maximum Gasteiger partial charge on any atom is 0.417 e. The van der Waals surface area contributed by atoms with Gasteiger partial charge in [-0.2, -0.15) is 13.2 Å². The summed E-state index contributed by atoms with van der Waals surface area (Å²) in [5.41, 5.74) is -1.68. The molecule has 11 heteroatoms. The van der Waals surface area contributed by atoms with Crippen LogP contribution in [0.15, 0.2) is 11.4 Å². The van der Waals surface area contributed by atoms with Crippen LogP contribution in [0.25, 0.3) is 10.2 Å². The number of alkyl halides is 3. The zero-order chi connectivity index (χ0) is 24.2. The van der Waals surface area contributed by atoms with Crippen molar-refractivity contribution in [1.29, 1.82) is 0 Å². The Kier molecular flexibility index (Phi) is 5.84. The van der Waals surface area contributed by atoms with E-state index in [0.29, 0.717) is 26.2 Å². The number of rotatable bonds is 4. The van der Waals surface area contributed by atoms with Gasteiger partial charge in [-0.3, -0.25) is 9.59 Å². The standard InChI is InChI=1S/C22H27F3N4O3S/c1-20(2,32)9-16(30)29-11-21(12-29)4-6-28(7-5-21)15-8-14(22(23,24)25)18-17(27-15)13(10-33-18)19(31)26-3/h8,10,32H,4-7,9,11-12H2,1-3H3,(H,26,31). The Morgan fingerprint density at radius 3 is 2.42 bits per heavy atom. The third kappa shape index (κ3) is 4.65. The molecule has 2 fully saturated rings. The van der Waals surface area contributed by atoms with Crippen LogP contribution in [-0.2, 0) is 11.0 Å². The average Bonchev–Trinajstić information content (AvgIpc) is 3.12. The summed E-state index contributed by atoms with van der Waals surface area (Å²) in [5.74, 6) is -0.346. The highest BCUT2D eigenvalue weighted by Gasteiger charge is 2.47. The fourth-order valence-corrected chi connectivity index (χ4v) is 5.63. The summed E-state index contributed by atoms with van der Waals surface area (Å²) in [6.45, 7) is 5.43. The second-order valence-electron chi connectivity index (χ2n) is 9.66. The number of anilines is 1. The number of fused-ring (bicyclic) bond motifs is 1. The zero-order valence-electron chi connectivity index (χ0n) is 18.8. The summed E-state index contributed by atoms with van der Waals surface area (Å²) in [6, 6.07) is 1.07. The molecule has 0 unspecified atom stereocenters. The Labute approximate surface area is 193 Å². The van der Waals surface area contributed by atoms with Crippen LogP contribution in [0, 0.1) is 5.41 Å². The summed E-state index contributed by atoms with van der Waals surface area (Å²) in [5, 5.41) is 13.7. The number of likely N-dealkylation sites (tertiary alicyclic amines) is 1. The minimum atomic E-state index is -4.56. The van der Waals surface area contributed by atoms with Gasteiger partial charge in [0, 0.05) is 44.0 Å². The van der Waals surface area contributed by atoms with Crippen molar-refractivity contribution in [1.82, 2.24) is 15.2 Å². The van der Waals surface area contributed by atoms with E-state index in [-0.39, 0.29) is 39.3 Å². The third-order valence-corrected chi connectivity index (χ3v) is 7.43. The first-order chi connectivity index (χ1) is 15.3. The number of nitrogens with zero attached hydrogens (tertiary/aromatic N) is 3. The molecule has 180 valence electrons. The van der Waals surface area contributed by atoms with Crippen molar-refractivity contribution in [2.75, 3.05) is 38.1 Å². The molecule has 0 atom stereocenters. The van der Waals surface area contributed by atoms with Gasteiger partial charge in [0.1, 0.15) is 5.82 Å². The van der Waals surface area contributed by atoms with Gasteiger partial charge >= 0.3 is 6.18 Å². The summed E-state index contributed by atoms with van der Waals surface area (Å²) >= 11 is 0.869. The topological polar surface area (TPSA) is 85.8 Å². The van der Waals surface area contributed by atoms with E-state index >= 15 is 0 Å². The minimum absolute atomic E-state index is 0.0433. The lowest BCUT2D eigenvalue weighted by Gasteiger charge is -2.54. The van der Waals surface area contributed by atoms with Crippen molar-refractivity contribution in [3.63, 3.8) is 0 Å². The molecule has 2 N–H and O–H groups in total. The Hall–Kier alpha value is -2.40. The van der Waals surface area contributed by atoms with Crippen LogP contribution in [0.1, 0.15) is 49.0 Å². The number of thiophene rings is 1. The fourth-order valence-electron chi connectivity index (χ4n) is 4.61. The zero-order valence-corrected chi connectivity index (χ0v) is 19.6. The van der Waals surface area contributed by atoms with E-state index in [9.17, 15) is 27.9 Å². The molecule has 4 heterocycles. The maximum atomic E-state index is 13.8. The van der Waals surface area contributed by atoms with Crippen LogP contribution < -0.4 is 10.2 Å². The summed E-state index contributed by atoms with van der Waals surface area (Å²) in [7, 11) is 1.43. The molecule has 33 heavy (non-hydrogen) atoms. The van der Waals surface area contributed by atoms with Crippen LogP contribution in [0.5, 0.6) is 0 Å². The van der Waals surface area contributed by atoms with Crippen molar-refractivity contribution < 1.29 is 27.9 Å². The second kappa shape index (κ2) is 8.12. The second-order valence-corrected chi connectivity index (χ2v) is 10.5. The van der Waals surface area contributed by atoms with E-state index in [0.717, 1.165) is 30.2 Å². The maximum absolute atomic E-state index is 13.8. The molecule has 0 aromatic carbocycles. The Morgan fingerprint density at radius 1 is 1.24 bits per heavy atom. The molecule has 2 aliphatic rings. The quantitative estimate of drug-likeness (QED) is 0.696. The smallest absolute Gasteiger partial charge is 0.390 e. The molecule has 2 saturated heterocycles. The molecule has 2 aliphatic heterocycles. The van der Waals surface area contributed by atoms with Crippen LogP contribution in [0.2, 0.25) is 0 Å². The lowest BCUT2D eigenvalue weighted by Crippen LogP contribution is -2.62. The summed E-state index contributed by atoms with van der Waals surface area (Å²) in [6.07, 6.45) is -3.04. The molecular weight excluding hydrogens is 457 g/mol. The Morgan fingerprint density at radius 2 is 1.88 bits per heavy atom. The van der Waals surface area contributed by atoms with E-state index < -0.39 is 23.2 Å². The van der Waals surface area contributed by atoms with Gasteiger partial charge < -0.3 is 20.2 Å². The van der Waals surface area contributed by atoms with Gasteiger partial charge in [0.15, 0.2) is 0 Å². The average molecular weight is 485 g/mol. The van der Waals surface area contributed by atoms with Gasteiger partial charge in [0.05, 0.1) is 33.4 Å². The number of aliphatic hydroxyl groups is 1. The number of hydrogen-bond donors (Lipinski definition) is 2. The minimum Gasteiger partial charge on any atom is -0.390 e.